The van der Waals surface area contributed by atoms with Crippen LogP contribution < -0.4 is 4.90 Å². The van der Waals surface area contributed by atoms with Crippen LogP contribution in [0, 0.1) is 6.92 Å². The van der Waals surface area contributed by atoms with Gasteiger partial charge in [0.15, 0.2) is 22.8 Å². The molecule has 0 aliphatic carbocycles. The van der Waals surface area contributed by atoms with E-state index in [9.17, 15) is 5.11 Å². The molecular formula is C27H32N6O2S. The number of likely N-dealkylation sites (tertiary alicyclic amines) is 1. The molecule has 2 saturated heterocycles. The molecule has 0 saturated carbocycles. The van der Waals surface area contributed by atoms with Crippen LogP contribution in [0.15, 0.2) is 42.7 Å². The number of hydrogen-bond donors (Lipinski definition) is 1. The second-order valence-corrected chi connectivity index (χ2v) is 11.0. The summed E-state index contributed by atoms with van der Waals surface area (Å²) >= 11 is 1.90. The van der Waals surface area contributed by atoms with E-state index < -0.39 is 0 Å². The molecule has 1 aromatic carbocycles. The van der Waals surface area contributed by atoms with Gasteiger partial charge in [-0.1, -0.05) is 18.2 Å². The number of ether oxygens (including phenoxy) is 1. The number of benzene rings is 1. The maximum absolute atomic E-state index is 9.66. The lowest BCUT2D eigenvalue weighted by Crippen LogP contribution is -2.37. The predicted molar refractivity (Wildman–Crippen MR) is 142 cm³/mol. The number of fused-ring (bicyclic) bond motifs is 1. The van der Waals surface area contributed by atoms with Crippen molar-refractivity contribution in [3.8, 4) is 11.4 Å². The lowest BCUT2D eigenvalue weighted by Gasteiger charge is -2.32. The lowest BCUT2D eigenvalue weighted by atomic mass is 10.0. The maximum Gasteiger partial charge on any atom is 0.166 e. The Morgan fingerprint density at radius 1 is 1.06 bits per heavy atom. The standard InChI is InChI=1S/C27H32N6O2S/c1-19-5-6-23(36-19)16-31-9-7-22(8-10-31)33-18-28-24-26(32-11-13-35-14-12-32)29-25(30-27(24)33)21-4-2-3-20(15-21)17-34/h2-6,15,18,22,34H,7-14,16-17H2,1H3. The van der Waals surface area contributed by atoms with Crippen LogP contribution in [0.2, 0.25) is 0 Å². The van der Waals surface area contributed by atoms with Gasteiger partial charge < -0.3 is 19.3 Å². The van der Waals surface area contributed by atoms with E-state index in [0.717, 1.165) is 73.7 Å². The van der Waals surface area contributed by atoms with Crippen LogP contribution in [0.25, 0.3) is 22.6 Å². The first-order valence-electron chi connectivity index (χ1n) is 12.7. The summed E-state index contributed by atoms with van der Waals surface area (Å²) < 4.78 is 7.86. The Kier molecular flexibility index (Phi) is 6.71. The predicted octanol–water partition coefficient (Wildman–Crippen LogP) is 4.03. The number of aromatic nitrogens is 4. The molecule has 3 aromatic heterocycles. The van der Waals surface area contributed by atoms with Crippen molar-refractivity contribution in [1.82, 2.24) is 24.4 Å². The van der Waals surface area contributed by atoms with Crippen molar-refractivity contribution in [3.63, 3.8) is 0 Å². The molecule has 6 rings (SSSR count). The number of aliphatic hydroxyl groups excluding tert-OH is 1. The van der Waals surface area contributed by atoms with E-state index in [1.54, 1.807) is 0 Å². The Bertz CT molecular complexity index is 1340. The molecule has 2 aliphatic heterocycles. The molecule has 5 heterocycles. The van der Waals surface area contributed by atoms with Crippen LogP contribution in [-0.4, -0.2) is 68.9 Å². The van der Waals surface area contributed by atoms with Crippen molar-refractivity contribution >= 4 is 28.3 Å². The van der Waals surface area contributed by atoms with Crippen molar-refractivity contribution < 1.29 is 9.84 Å². The van der Waals surface area contributed by atoms with Crippen LogP contribution >= 0.6 is 11.3 Å². The molecule has 0 bridgehead atoms. The molecule has 2 aliphatic rings. The smallest absolute Gasteiger partial charge is 0.166 e. The second-order valence-electron chi connectivity index (χ2n) is 9.67. The maximum atomic E-state index is 9.66. The number of piperidine rings is 1. The highest BCUT2D eigenvalue weighted by Crippen LogP contribution is 2.32. The first-order chi connectivity index (χ1) is 17.7. The minimum atomic E-state index is -0.00600. The summed E-state index contributed by atoms with van der Waals surface area (Å²) in [4.78, 5) is 22.5. The zero-order valence-corrected chi connectivity index (χ0v) is 21.5. The van der Waals surface area contributed by atoms with Gasteiger partial charge in [-0.05, 0) is 43.5 Å². The van der Waals surface area contributed by atoms with Crippen LogP contribution in [0.1, 0.15) is 34.2 Å². The Morgan fingerprint density at radius 3 is 2.64 bits per heavy atom. The second kappa shape index (κ2) is 10.3. The van der Waals surface area contributed by atoms with E-state index in [4.69, 9.17) is 19.7 Å². The van der Waals surface area contributed by atoms with E-state index in [-0.39, 0.29) is 6.61 Å². The molecule has 8 nitrogen and oxygen atoms in total. The molecule has 1 N–H and O–H groups in total. The number of aliphatic hydroxyl groups is 1. The molecule has 0 spiro atoms. The molecule has 0 unspecified atom stereocenters. The van der Waals surface area contributed by atoms with Crippen molar-refractivity contribution in [3.05, 3.63) is 58.0 Å². The van der Waals surface area contributed by atoms with Gasteiger partial charge in [-0.25, -0.2) is 15.0 Å². The Morgan fingerprint density at radius 2 is 1.89 bits per heavy atom. The van der Waals surface area contributed by atoms with Gasteiger partial charge in [0.2, 0.25) is 0 Å². The summed E-state index contributed by atoms with van der Waals surface area (Å²) in [6.07, 6.45) is 4.10. The van der Waals surface area contributed by atoms with E-state index in [0.29, 0.717) is 25.1 Å². The van der Waals surface area contributed by atoms with Crippen molar-refractivity contribution in [2.45, 2.75) is 39.0 Å². The average Bonchev–Trinajstić information content (AvgIpc) is 3.55. The van der Waals surface area contributed by atoms with E-state index in [1.807, 2.05) is 41.9 Å². The first-order valence-corrected chi connectivity index (χ1v) is 13.5. The van der Waals surface area contributed by atoms with Gasteiger partial charge in [0, 0.05) is 54.1 Å². The number of aryl methyl sites for hydroxylation is 1. The van der Waals surface area contributed by atoms with Crippen LogP contribution in [0.4, 0.5) is 5.82 Å². The minimum absolute atomic E-state index is 0.00600. The third-order valence-electron chi connectivity index (χ3n) is 7.21. The number of anilines is 1. The average molecular weight is 505 g/mol. The summed E-state index contributed by atoms with van der Waals surface area (Å²) in [6, 6.07) is 12.7. The molecule has 0 atom stereocenters. The highest BCUT2D eigenvalue weighted by atomic mass is 32.1. The molecule has 0 amide bonds. The Balaban J connectivity index is 1.32. The quantitative estimate of drug-likeness (QED) is 0.425. The van der Waals surface area contributed by atoms with Gasteiger partial charge in [-0.3, -0.25) is 4.90 Å². The summed E-state index contributed by atoms with van der Waals surface area (Å²) in [6.45, 7) is 8.27. The van der Waals surface area contributed by atoms with E-state index in [1.165, 1.54) is 9.75 Å². The number of imidazole rings is 1. The topological polar surface area (TPSA) is 79.5 Å². The summed E-state index contributed by atoms with van der Waals surface area (Å²) in [5, 5.41) is 9.66. The van der Waals surface area contributed by atoms with Crippen molar-refractivity contribution in [1.29, 1.82) is 0 Å². The van der Waals surface area contributed by atoms with Gasteiger partial charge in [-0.15, -0.1) is 11.3 Å². The third-order valence-corrected chi connectivity index (χ3v) is 8.19. The third kappa shape index (κ3) is 4.76. The molecule has 36 heavy (non-hydrogen) atoms. The van der Waals surface area contributed by atoms with Crippen LogP contribution in [0.5, 0.6) is 0 Å². The van der Waals surface area contributed by atoms with Crippen molar-refractivity contribution in [2.24, 2.45) is 0 Å². The largest absolute Gasteiger partial charge is 0.392 e. The summed E-state index contributed by atoms with van der Waals surface area (Å²) in [5.41, 5.74) is 3.51. The van der Waals surface area contributed by atoms with Crippen LogP contribution in [-0.2, 0) is 17.9 Å². The number of thiophene rings is 1. The highest BCUT2D eigenvalue weighted by Gasteiger charge is 2.26. The SMILES string of the molecule is Cc1ccc(CN2CCC(n3cnc4c(N5CCOCC5)nc(-c5cccc(CO)c5)nc43)CC2)s1. The Hall–Kier alpha value is -2.85. The zero-order chi connectivity index (χ0) is 24.5. The molecular weight excluding hydrogens is 472 g/mol. The Labute approximate surface area is 215 Å². The fourth-order valence-electron chi connectivity index (χ4n) is 5.25. The van der Waals surface area contributed by atoms with Gasteiger partial charge in [0.05, 0.1) is 26.1 Å². The highest BCUT2D eigenvalue weighted by molar-refractivity contribution is 7.11. The fraction of sp³-hybridized carbons (Fsp3) is 0.444. The number of rotatable bonds is 6. The number of nitrogens with zero attached hydrogens (tertiary/aromatic N) is 6. The van der Waals surface area contributed by atoms with Gasteiger partial charge >= 0.3 is 0 Å². The summed E-state index contributed by atoms with van der Waals surface area (Å²) in [7, 11) is 0. The first kappa shape index (κ1) is 23.5. The minimum Gasteiger partial charge on any atom is -0.392 e. The number of hydrogen-bond acceptors (Lipinski definition) is 8. The molecule has 4 aromatic rings. The molecule has 9 heteroatoms. The zero-order valence-electron chi connectivity index (χ0n) is 20.6. The fourth-order valence-corrected chi connectivity index (χ4v) is 6.18. The van der Waals surface area contributed by atoms with Gasteiger partial charge in [0.1, 0.15) is 0 Å². The van der Waals surface area contributed by atoms with Gasteiger partial charge in [0.25, 0.3) is 0 Å². The van der Waals surface area contributed by atoms with Crippen LogP contribution in [0.3, 0.4) is 0 Å². The monoisotopic (exact) mass is 504 g/mol. The summed E-state index contributed by atoms with van der Waals surface area (Å²) in [5.74, 6) is 1.54. The molecule has 2 fully saturated rings. The van der Waals surface area contributed by atoms with Crippen molar-refractivity contribution in [2.75, 3.05) is 44.3 Å². The normalized spacial score (nSPS) is 17.8. The van der Waals surface area contributed by atoms with E-state index >= 15 is 0 Å². The van der Waals surface area contributed by atoms with E-state index in [2.05, 4.69) is 33.4 Å². The molecule has 0 radical (unpaired) electrons. The van der Waals surface area contributed by atoms with Gasteiger partial charge in [-0.2, -0.15) is 0 Å². The lowest BCUT2D eigenvalue weighted by molar-refractivity contribution is 0.122. The number of morpholine rings is 1. The molecule has 188 valence electrons.